The Bertz CT molecular complexity index is 883. The van der Waals surface area contributed by atoms with Crippen molar-refractivity contribution in [2.75, 3.05) is 0 Å². The summed E-state index contributed by atoms with van der Waals surface area (Å²) < 4.78 is -0.0556. The third kappa shape index (κ3) is 11.5. The van der Waals surface area contributed by atoms with E-state index in [1.807, 2.05) is 0 Å². The fourth-order valence-corrected chi connectivity index (χ4v) is 1.84. The zero-order valence-electron chi connectivity index (χ0n) is 14.6. The third-order valence-corrected chi connectivity index (χ3v) is 3.38. The van der Waals surface area contributed by atoms with E-state index < -0.39 is 9.85 Å². The van der Waals surface area contributed by atoms with Crippen molar-refractivity contribution in [1.29, 1.82) is 0 Å². The Hall–Kier alpha value is -1.21. The van der Waals surface area contributed by atoms with Gasteiger partial charge in [-0.05, 0) is 76.2 Å². The standard InChI is InChI=1S/C7H5BrN2O3.C7H6N2O3.Br3P/c1-4(11)5-2-6(10(12)13)7(8)9-3-5;1-5(10)6-2-7(9(11)12)4-8-3-6;1-4(2)3/h2-3H,1H3;2-4H,1H3;. The number of halogens is 4. The maximum absolute atomic E-state index is 10.9. The molecule has 0 radical (unpaired) electrons. The second-order valence-corrected chi connectivity index (χ2v) is 20.9. The number of ketones is 2. The van der Waals surface area contributed by atoms with Gasteiger partial charge in [-0.25, -0.2) is 4.98 Å². The number of hydrogen-bond acceptors (Lipinski definition) is 8. The predicted octanol–water partition coefficient (Wildman–Crippen LogP) is 6.55. The lowest BCUT2D eigenvalue weighted by atomic mass is 10.2. The van der Waals surface area contributed by atoms with E-state index in [4.69, 9.17) is 0 Å². The monoisotopic (exact) mass is 678 g/mol. The maximum Gasteiger partial charge on any atom is 0.302 e. The first kappa shape index (κ1) is 27.8. The first-order valence-corrected chi connectivity index (χ1v) is 15.2. The fourth-order valence-electron chi connectivity index (χ4n) is 1.48. The molecular weight excluding hydrogens is 671 g/mol. The normalized spacial score (nSPS) is 9.48. The minimum Gasteiger partial charge on any atom is -0.294 e. The molecule has 156 valence electrons. The van der Waals surface area contributed by atoms with Crippen LogP contribution in [0.1, 0.15) is 34.6 Å². The molecule has 0 bridgehead atoms. The second-order valence-electron chi connectivity index (χ2n) is 4.78. The van der Waals surface area contributed by atoms with Gasteiger partial charge < -0.3 is 0 Å². The number of nitrogens with zero attached hydrogens (tertiary/aromatic N) is 4. The van der Waals surface area contributed by atoms with Crippen molar-refractivity contribution in [2.45, 2.75) is 13.8 Å². The van der Waals surface area contributed by atoms with E-state index in [1.165, 1.54) is 38.4 Å². The highest BCUT2D eigenvalue weighted by Gasteiger charge is 2.15. The van der Waals surface area contributed by atoms with E-state index in [0.29, 0.717) is 0 Å². The lowest BCUT2D eigenvalue weighted by Crippen LogP contribution is -1.97. The van der Waals surface area contributed by atoms with Crippen molar-refractivity contribution in [1.82, 2.24) is 9.97 Å². The van der Waals surface area contributed by atoms with Crippen LogP contribution in [0.5, 0.6) is 0 Å². The summed E-state index contributed by atoms with van der Waals surface area (Å²) in [5.41, 5.74) is 0.120. The molecule has 0 saturated carbocycles. The Kier molecular flexibility index (Phi) is 13.3. The largest absolute Gasteiger partial charge is 0.302 e. The first-order chi connectivity index (χ1) is 13.4. The number of rotatable bonds is 4. The van der Waals surface area contributed by atoms with Gasteiger partial charge in [-0.3, -0.25) is 34.8 Å². The molecule has 2 heterocycles. The van der Waals surface area contributed by atoms with Gasteiger partial charge in [-0.15, -0.1) is 0 Å². The van der Waals surface area contributed by atoms with Crippen molar-refractivity contribution >= 4 is 89.4 Å². The van der Waals surface area contributed by atoms with Gasteiger partial charge in [-0.1, -0.05) is 0 Å². The van der Waals surface area contributed by atoms with Crippen LogP contribution in [0.15, 0.2) is 35.3 Å². The topological polar surface area (TPSA) is 146 Å². The molecule has 0 aliphatic carbocycles. The summed E-state index contributed by atoms with van der Waals surface area (Å²) in [6.07, 6.45) is 3.70. The van der Waals surface area contributed by atoms with Gasteiger partial charge in [0.1, 0.15) is 10.2 Å². The molecule has 0 aromatic carbocycles. The Morgan fingerprint density at radius 2 is 1.41 bits per heavy atom. The molecule has 0 atom stereocenters. The summed E-state index contributed by atoms with van der Waals surface area (Å²) in [4.78, 5) is 48.3. The highest BCUT2D eigenvalue weighted by atomic mass is 80.0. The predicted molar refractivity (Wildman–Crippen MR) is 123 cm³/mol. The molecule has 0 amide bonds. The molecule has 0 aliphatic heterocycles. The molecule has 10 nitrogen and oxygen atoms in total. The Labute approximate surface area is 198 Å². The SMILES string of the molecule is BrP(Br)Br.CC(=O)c1cnc(Br)c([N+](=O)[O-])c1.CC(=O)c1cncc([N+](=O)[O-])c1. The van der Waals surface area contributed by atoms with E-state index >= 15 is 0 Å². The average Bonchev–Trinajstić information content (AvgIpc) is 2.61. The van der Waals surface area contributed by atoms with Crippen LogP contribution < -0.4 is 0 Å². The van der Waals surface area contributed by atoms with Gasteiger partial charge >= 0.3 is 5.69 Å². The van der Waals surface area contributed by atoms with Crippen LogP contribution in [0.4, 0.5) is 11.4 Å². The molecule has 2 aromatic rings. The molecule has 0 spiro atoms. The highest BCUT2D eigenvalue weighted by Crippen LogP contribution is 2.59. The van der Waals surface area contributed by atoms with E-state index in [9.17, 15) is 29.8 Å². The number of hydrogen-bond donors (Lipinski definition) is 0. The van der Waals surface area contributed by atoms with Crippen molar-refractivity contribution in [2.24, 2.45) is 0 Å². The Morgan fingerprint density at radius 3 is 1.83 bits per heavy atom. The lowest BCUT2D eigenvalue weighted by Gasteiger charge is -1.96. The van der Waals surface area contributed by atoms with Gasteiger partial charge in [0.15, 0.2) is 16.2 Å². The van der Waals surface area contributed by atoms with Gasteiger partial charge in [0.2, 0.25) is 0 Å². The van der Waals surface area contributed by atoms with Crippen molar-refractivity contribution in [3.8, 4) is 0 Å². The number of aromatic nitrogens is 2. The minimum absolute atomic E-state index is 0.127. The molecule has 29 heavy (non-hydrogen) atoms. The van der Waals surface area contributed by atoms with Crippen LogP contribution in [0, 0.1) is 20.2 Å². The molecule has 0 saturated heterocycles. The van der Waals surface area contributed by atoms with E-state index in [-0.39, 0.29) is 42.7 Å². The third-order valence-electron chi connectivity index (χ3n) is 2.76. The van der Waals surface area contributed by atoms with Gasteiger partial charge in [0, 0.05) is 35.7 Å². The Balaban J connectivity index is 0.000000459. The lowest BCUT2D eigenvalue weighted by molar-refractivity contribution is -0.386. The van der Waals surface area contributed by atoms with E-state index in [0.717, 1.165) is 6.20 Å². The van der Waals surface area contributed by atoms with Crippen LogP contribution in [0.3, 0.4) is 0 Å². The summed E-state index contributed by atoms with van der Waals surface area (Å²) in [5.74, 6) is -0.477. The van der Waals surface area contributed by atoms with Gasteiger partial charge in [0.25, 0.3) is 5.69 Å². The van der Waals surface area contributed by atoms with E-state index in [2.05, 4.69) is 72.4 Å². The number of nitro groups is 2. The van der Waals surface area contributed by atoms with Crippen LogP contribution >= 0.6 is 66.4 Å². The Morgan fingerprint density at radius 1 is 0.931 bits per heavy atom. The molecule has 2 aromatic heterocycles. The summed E-state index contributed by atoms with van der Waals surface area (Å²) in [7, 11) is 0. The summed E-state index contributed by atoms with van der Waals surface area (Å²) in [6.45, 7) is 2.66. The molecular formula is C14H11Br4N4O6P. The number of pyridine rings is 2. The van der Waals surface area contributed by atoms with Crippen LogP contribution in [-0.4, -0.2) is 31.4 Å². The van der Waals surface area contributed by atoms with Gasteiger partial charge in [0.05, 0.1) is 9.85 Å². The van der Waals surface area contributed by atoms with Crippen molar-refractivity contribution in [3.05, 3.63) is 66.7 Å². The molecule has 0 aliphatic rings. The maximum atomic E-state index is 10.9. The molecule has 0 fully saturated rings. The summed E-state index contributed by atoms with van der Waals surface area (Å²) in [6, 6.07) is 2.40. The molecule has 2 rings (SSSR count). The second kappa shape index (κ2) is 13.9. The zero-order chi connectivity index (χ0) is 22.7. The minimum atomic E-state index is -0.594. The summed E-state index contributed by atoms with van der Waals surface area (Å²) >= 11 is 12.4. The van der Waals surface area contributed by atoms with Crippen LogP contribution in [-0.2, 0) is 0 Å². The van der Waals surface area contributed by atoms with Crippen molar-refractivity contribution < 1.29 is 19.4 Å². The smallest absolute Gasteiger partial charge is 0.294 e. The number of Topliss-reactive ketones (excluding diaryl/α,β-unsaturated/α-hetero) is 2. The van der Waals surface area contributed by atoms with Crippen molar-refractivity contribution in [3.63, 3.8) is 0 Å². The first-order valence-electron chi connectivity index (χ1n) is 7.05. The molecule has 0 N–H and O–H groups in total. The average molecular weight is 682 g/mol. The van der Waals surface area contributed by atoms with Crippen LogP contribution in [0.2, 0.25) is 0 Å². The highest BCUT2D eigenvalue weighted by molar-refractivity contribution is 9.93. The van der Waals surface area contributed by atoms with Gasteiger partial charge in [-0.2, -0.15) is 0 Å². The number of carbonyl (C=O) groups is 2. The molecule has 0 unspecified atom stereocenters. The molecule has 15 heteroatoms. The number of carbonyl (C=O) groups excluding carboxylic acids is 2. The zero-order valence-corrected chi connectivity index (χ0v) is 21.8. The fraction of sp³-hybridized carbons (Fsp3) is 0.143. The summed E-state index contributed by atoms with van der Waals surface area (Å²) in [5, 5.41) is 20.7. The van der Waals surface area contributed by atoms with E-state index in [1.54, 1.807) is 0 Å². The quantitative estimate of drug-likeness (QED) is 0.116. The van der Waals surface area contributed by atoms with Crippen LogP contribution in [0.25, 0.3) is 0 Å².